The number of likely N-dealkylation sites (tertiary alicyclic amines) is 1. The van der Waals surface area contributed by atoms with E-state index in [2.05, 4.69) is 27.8 Å². The molecular formula is C18H27BrN2O2S. The van der Waals surface area contributed by atoms with Crippen molar-refractivity contribution >= 4 is 26.0 Å². The Hall–Kier alpha value is -0.430. The summed E-state index contributed by atoms with van der Waals surface area (Å²) in [6.07, 6.45) is 4.60. The van der Waals surface area contributed by atoms with Crippen LogP contribution in [0.3, 0.4) is 0 Å². The zero-order valence-corrected chi connectivity index (χ0v) is 16.7. The summed E-state index contributed by atoms with van der Waals surface area (Å²) in [5, 5.41) is 0. The first kappa shape index (κ1) is 18.4. The number of hydrogen-bond donors (Lipinski definition) is 0. The van der Waals surface area contributed by atoms with Crippen LogP contribution in [0.5, 0.6) is 0 Å². The summed E-state index contributed by atoms with van der Waals surface area (Å²) in [7, 11) is -3.35. The van der Waals surface area contributed by atoms with Gasteiger partial charge in [-0.1, -0.05) is 22.9 Å². The van der Waals surface area contributed by atoms with E-state index in [1.807, 2.05) is 0 Å². The molecule has 134 valence electrons. The lowest BCUT2D eigenvalue weighted by atomic mass is 9.94. The zero-order chi connectivity index (χ0) is 17.2. The number of hydrogen-bond acceptors (Lipinski definition) is 3. The van der Waals surface area contributed by atoms with E-state index in [1.54, 1.807) is 28.6 Å². The van der Waals surface area contributed by atoms with Crippen LogP contribution in [0.4, 0.5) is 0 Å². The fourth-order valence-electron chi connectivity index (χ4n) is 3.91. The minimum absolute atomic E-state index is 0.397. The normalized spacial score (nSPS) is 25.0. The molecule has 0 aromatic heterocycles. The van der Waals surface area contributed by atoms with Crippen molar-refractivity contribution in [3.05, 3.63) is 28.7 Å². The third-order valence-corrected chi connectivity index (χ3v) is 7.72. The average Bonchev–Trinajstić information content (AvgIpc) is 2.56. The number of halogens is 1. The second kappa shape index (κ2) is 7.85. The molecule has 0 bridgehead atoms. The van der Waals surface area contributed by atoms with Gasteiger partial charge in [-0.25, -0.2) is 8.42 Å². The molecule has 24 heavy (non-hydrogen) atoms. The molecule has 1 unspecified atom stereocenters. The minimum Gasteiger partial charge on any atom is -0.303 e. The summed E-state index contributed by atoms with van der Waals surface area (Å²) in [5.74, 6) is 1.43. The highest BCUT2D eigenvalue weighted by atomic mass is 79.9. The molecule has 0 saturated carbocycles. The van der Waals surface area contributed by atoms with Crippen molar-refractivity contribution in [1.29, 1.82) is 0 Å². The monoisotopic (exact) mass is 414 g/mol. The Kier molecular flexibility index (Phi) is 6.01. The van der Waals surface area contributed by atoms with Crippen LogP contribution in [0.1, 0.15) is 32.6 Å². The Balaban J connectivity index is 1.55. The highest BCUT2D eigenvalue weighted by Gasteiger charge is 2.30. The van der Waals surface area contributed by atoms with E-state index in [0.29, 0.717) is 23.9 Å². The first-order chi connectivity index (χ1) is 11.4. The van der Waals surface area contributed by atoms with Crippen molar-refractivity contribution in [3.8, 4) is 0 Å². The summed E-state index contributed by atoms with van der Waals surface area (Å²) in [5.41, 5.74) is 0. The standard InChI is InChI=1S/C18H27BrN2O2S/c1-15-3-2-10-20(13-15)14-16-8-11-21(12-9-16)24(22,23)18-6-4-17(19)5-7-18/h4-7,15-16H,2-3,8-14H2,1H3. The molecule has 0 N–H and O–H groups in total. The molecular weight excluding hydrogens is 388 g/mol. The number of piperidine rings is 2. The first-order valence-corrected chi connectivity index (χ1v) is 11.2. The molecule has 2 fully saturated rings. The lowest BCUT2D eigenvalue weighted by Crippen LogP contribution is -2.43. The topological polar surface area (TPSA) is 40.6 Å². The van der Waals surface area contributed by atoms with Gasteiger partial charge in [-0.3, -0.25) is 0 Å². The number of benzene rings is 1. The Morgan fingerprint density at radius 1 is 1.08 bits per heavy atom. The maximum absolute atomic E-state index is 12.7. The summed E-state index contributed by atoms with van der Waals surface area (Å²) >= 11 is 3.35. The lowest BCUT2D eigenvalue weighted by molar-refractivity contribution is 0.136. The van der Waals surface area contributed by atoms with Gasteiger partial charge in [0.1, 0.15) is 0 Å². The highest BCUT2D eigenvalue weighted by molar-refractivity contribution is 9.10. The van der Waals surface area contributed by atoms with Gasteiger partial charge in [0.2, 0.25) is 10.0 Å². The molecule has 4 nitrogen and oxygen atoms in total. The lowest BCUT2D eigenvalue weighted by Gasteiger charge is -2.37. The van der Waals surface area contributed by atoms with Gasteiger partial charge < -0.3 is 4.90 Å². The van der Waals surface area contributed by atoms with Crippen LogP contribution in [-0.4, -0.2) is 50.3 Å². The van der Waals surface area contributed by atoms with Crippen molar-refractivity contribution in [2.24, 2.45) is 11.8 Å². The Morgan fingerprint density at radius 2 is 1.75 bits per heavy atom. The maximum atomic E-state index is 12.7. The molecule has 0 radical (unpaired) electrons. The Morgan fingerprint density at radius 3 is 2.38 bits per heavy atom. The quantitative estimate of drug-likeness (QED) is 0.755. The van der Waals surface area contributed by atoms with E-state index in [-0.39, 0.29) is 0 Å². The largest absolute Gasteiger partial charge is 0.303 e. The Labute approximate surface area is 154 Å². The van der Waals surface area contributed by atoms with Gasteiger partial charge in [0.15, 0.2) is 0 Å². The van der Waals surface area contributed by atoms with Crippen LogP contribution in [0.25, 0.3) is 0 Å². The molecule has 1 atom stereocenters. The third kappa shape index (κ3) is 4.40. The molecule has 6 heteroatoms. The smallest absolute Gasteiger partial charge is 0.243 e. The van der Waals surface area contributed by atoms with E-state index in [4.69, 9.17) is 0 Å². The summed E-state index contributed by atoms with van der Waals surface area (Å²) in [4.78, 5) is 2.98. The molecule has 1 aromatic rings. The first-order valence-electron chi connectivity index (χ1n) is 8.93. The molecule has 2 heterocycles. The highest BCUT2D eigenvalue weighted by Crippen LogP contribution is 2.26. The molecule has 3 rings (SSSR count). The number of sulfonamides is 1. The predicted octanol–water partition coefficient (Wildman–Crippen LogP) is 3.58. The maximum Gasteiger partial charge on any atom is 0.243 e. The zero-order valence-electron chi connectivity index (χ0n) is 14.3. The van der Waals surface area contributed by atoms with Crippen molar-refractivity contribution in [3.63, 3.8) is 0 Å². The summed E-state index contributed by atoms with van der Waals surface area (Å²) in [6, 6.07) is 6.94. The molecule has 2 aliphatic rings. The van der Waals surface area contributed by atoms with Crippen molar-refractivity contribution in [1.82, 2.24) is 9.21 Å². The van der Waals surface area contributed by atoms with Gasteiger partial charge in [0.25, 0.3) is 0 Å². The van der Waals surface area contributed by atoms with Gasteiger partial charge in [-0.15, -0.1) is 0 Å². The minimum atomic E-state index is -3.35. The number of rotatable bonds is 4. The van der Waals surface area contributed by atoms with E-state index < -0.39 is 10.0 Å². The molecule has 2 aliphatic heterocycles. The van der Waals surface area contributed by atoms with Gasteiger partial charge in [-0.05, 0) is 68.3 Å². The fourth-order valence-corrected chi connectivity index (χ4v) is 5.64. The van der Waals surface area contributed by atoms with Crippen molar-refractivity contribution < 1.29 is 8.42 Å². The van der Waals surface area contributed by atoms with Gasteiger partial charge in [0, 0.05) is 30.7 Å². The van der Waals surface area contributed by atoms with Gasteiger partial charge in [0.05, 0.1) is 4.90 Å². The fraction of sp³-hybridized carbons (Fsp3) is 0.667. The van der Waals surface area contributed by atoms with E-state index >= 15 is 0 Å². The second-order valence-corrected chi connectivity index (χ2v) is 10.2. The van der Waals surface area contributed by atoms with Gasteiger partial charge in [-0.2, -0.15) is 4.31 Å². The van der Waals surface area contributed by atoms with E-state index in [9.17, 15) is 8.42 Å². The average molecular weight is 415 g/mol. The van der Waals surface area contributed by atoms with Crippen molar-refractivity contribution in [2.45, 2.75) is 37.5 Å². The molecule has 0 amide bonds. The van der Waals surface area contributed by atoms with Crippen LogP contribution >= 0.6 is 15.9 Å². The van der Waals surface area contributed by atoms with Crippen LogP contribution in [0, 0.1) is 11.8 Å². The molecule has 0 aliphatic carbocycles. The van der Waals surface area contributed by atoms with E-state index in [0.717, 1.165) is 29.8 Å². The summed E-state index contributed by atoms with van der Waals surface area (Å²) in [6.45, 7) is 7.17. The molecule has 1 aromatic carbocycles. The third-order valence-electron chi connectivity index (χ3n) is 5.28. The summed E-state index contributed by atoms with van der Waals surface area (Å²) < 4.78 is 28.0. The van der Waals surface area contributed by atoms with E-state index in [1.165, 1.54) is 25.9 Å². The van der Waals surface area contributed by atoms with Crippen LogP contribution in [-0.2, 0) is 10.0 Å². The van der Waals surface area contributed by atoms with Crippen LogP contribution < -0.4 is 0 Å². The molecule has 2 saturated heterocycles. The number of nitrogens with zero attached hydrogens (tertiary/aromatic N) is 2. The molecule has 0 spiro atoms. The van der Waals surface area contributed by atoms with Crippen LogP contribution in [0.15, 0.2) is 33.6 Å². The van der Waals surface area contributed by atoms with Gasteiger partial charge >= 0.3 is 0 Å². The predicted molar refractivity (Wildman–Crippen MR) is 100 cm³/mol. The van der Waals surface area contributed by atoms with Crippen molar-refractivity contribution in [2.75, 3.05) is 32.7 Å². The Bertz CT molecular complexity index is 639. The second-order valence-electron chi connectivity index (χ2n) is 7.31. The van der Waals surface area contributed by atoms with Crippen LogP contribution in [0.2, 0.25) is 0 Å². The SMILES string of the molecule is CC1CCCN(CC2CCN(S(=O)(=O)c3ccc(Br)cc3)CC2)C1.